The number of nitrogens with zero attached hydrogens (tertiary/aromatic N) is 1. The van der Waals surface area contributed by atoms with Crippen LogP contribution in [0.1, 0.15) is 54.4 Å². The summed E-state index contributed by atoms with van der Waals surface area (Å²) >= 11 is 0. The summed E-state index contributed by atoms with van der Waals surface area (Å²) in [4.78, 5) is 2.68. The van der Waals surface area contributed by atoms with Crippen molar-refractivity contribution in [2.75, 3.05) is 18.0 Å². The van der Waals surface area contributed by atoms with Crippen molar-refractivity contribution in [3.8, 4) is 0 Å². The van der Waals surface area contributed by atoms with E-state index < -0.39 is 0 Å². The first-order valence-corrected chi connectivity index (χ1v) is 12.4. The molecule has 156 valence electrons. The van der Waals surface area contributed by atoms with Gasteiger partial charge in [-0.25, -0.2) is 0 Å². The molecular formula is C24H46B3N. The van der Waals surface area contributed by atoms with Gasteiger partial charge in [0.15, 0.2) is 0 Å². The predicted octanol–water partition coefficient (Wildman–Crippen LogP) is 7.79. The average molecular weight is 381 g/mol. The van der Waals surface area contributed by atoms with Gasteiger partial charge in [-0.15, -0.1) is 0 Å². The predicted molar refractivity (Wildman–Crippen MR) is 137 cm³/mol. The smallest absolute Gasteiger partial charge is 0.139 e. The molecule has 0 radical (unpaired) electrons. The molecule has 1 aromatic carbocycles. The van der Waals surface area contributed by atoms with Crippen molar-refractivity contribution in [1.82, 2.24) is 0 Å². The molecule has 0 saturated carbocycles. The highest BCUT2D eigenvalue weighted by Crippen LogP contribution is 2.30. The number of rotatable bonds is 16. The van der Waals surface area contributed by atoms with Crippen LogP contribution in [0, 0.1) is 0 Å². The van der Waals surface area contributed by atoms with E-state index in [0.717, 1.165) is 25.9 Å². The minimum absolute atomic E-state index is 0.871. The molecule has 1 nitrogen and oxygen atoms in total. The van der Waals surface area contributed by atoms with Gasteiger partial charge in [0.1, 0.15) is 20.1 Å². The summed E-state index contributed by atoms with van der Waals surface area (Å²) in [6.07, 6.45) is 12.0. The molecule has 1 aromatic rings. The zero-order valence-corrected chi connectivity index (χ0v) is 19.9. The van der Waals surface area contributed by atoms with Gasteiger partial charge in [0.2, 0.25) is 0 Å². The van der Waals surface area contributed by atoms with Gasteiger partial charge in [0.25, 0.3) is 0 Å². The van der Waals surface area contributed by atoms with Crippen LogP contribution in [0.15, 0.2) is 30.3 Å². The Morgan fingerprint density at radius 1 is 0.714 bits per heavy atom. The van der Waals surface area contributed by atoms with Crippen molar-refractivity contribution in [2.45, 2.75) is 104 Å². The maximum atomic E-state index is 2.68. The van der Waals surface area contributed by atoms with Crippen LogP contribution in [0.5, 0.6) is 0 Å². The van der Waals surface area contributed by atoms with E-state index in [9.17, 15) is 0 Å². The van der Waals surface area contributed by atoms with E-state index in [-0.39, 0.29) is 0 Å². The zero-order chi connectivity index (χ0) is 20.8. The number of hydrogen-bond donors (Lipinski definition) is 0. The second-order valence-electron chi connectivity index (χ2n) is 8.75. The Morgan fingerprint density at radius 3 is 1.71 bits per heavy atom. The van der Waals surface area contributed by atoms with Gasteiger partial charge < -0.3 is 4.90 Å². The summed E-state index contributed by atoms with van der Waals surface area (Å²) in [5.74, 6) is 0. The Balaban J connectivity index is 2.82. The molecule has 0 saturated heterocycles. The van der Waals surface area contributed by atoms with Crippen LogP contribution < -0.4 is 4.90 Å². The monoisotopic (exact) mass is 381 g/mol. The molecule has 0 amide bonds. The maximum absolute atomic E-state index is 2.68. The largest absolute Gasteiger partial charge is 0.372 e. The first-order valence-electron chi connectivity index (χ1n) is 12.4. The van der Waals surface area contributed by atoms with Crippen LogP contribution in [0.25, 0.3) is 0 Å². The summed E-state index contributed by atoms with van der Waals surface area (Å²) in [6.45, 7) is 19.4. The van der Waals surface area contributed by atoms with Crippen LogP contribution in [-0.2, 0) is 0 Å². The Labute approximate surface area is 178 Å². The van der Waals surface area contributed by atoms with E-state index in [2.05, 4.69) is 76.8 Å². The quantitative estimate of drug-likeness (QED) is 0.264. The third kappa shape index (κ3) is 8.30. The van der Waals surface area contributed by atoms with Crippen molar-refractivity contribution >= 4 is 25.8 Å². The molecule has 0 spiro atoms. The Morgan fingerprint density at radius 2 is 1.25 bits per heavy atom. The summed E-state index contributed by atoms with van der Waals surface area (Å²) < 4.78 is 0. The van der Waals surface area contributed by atoms with Crippen molar-refractivity contribution in [3.63, 3.8) is 0 Å². The SMILES string of the molecule is CCB(CC)CCCN(CCC(B(CC)CC)B(CC)CC)c1ccccc1. The van der Waals surface area contributed by atoms with E-state index in [4.69, 9.17) is 0 Å². The lowest BCUT2D eigenvalue weighted by Gasteiger charge is -2.32. The summed E-state index contributed by atoms with van der Waals surface area (Å²) in [7, 11) is 0. The Kier molecular flexibility index (Phi) is 13.6. The van der Waals surface area contributed by atoms with E-state index in [1.165, 1.54) is 75.9 Å². The molecule has 0 unspecified atom stereocenters. The van der Waals surface area contributed by atoms with E-state index >= 15 is 0 Å². The zero-order valence-electron chi connectivity index (χ0n) is 19.9. The fraction of sp³-hybridized carbons (Fsp3) is 0.750. The third-order valence-corrected chi connectivity index (χ3v) is 7.36. The highest BCUT2D eigenvalue weighted by molar-refractivity contribution is 6.79. The van der Waals surface area contributed by atoms with Crippen LogP contribution in [0.3, 0.4) is 0 Å². The summed E-state index contributed by atoms with van der Waals surface area (Å²) in [5, 5.41) is 0. The van der Waals surface area contributed by atoms with Crippen molar-refractivity contribution in [1.29, 1.82) is 0 Å². The van der Waals surface area contributed by atoms with Gasteiger partial charge in [-0.2, -0.15) is 0 Å². The van der Waals surface area contributed by atoms with Gasteiger partial charge in [0.05, 0.1) is 0 Å². The normalized spacial score (nSPS) is 11.0. The van der Waals surface area contributed by atoms with Crippen LogP contribution in [0.4, 0.5) is 5.69 Å². The first kappa shape index (κ1) is 25.3. The molecule has 0 aliphatic heterocycles. The molecular weight excluding hydrogens is 335 g/mol. The molecule has 0 heterocycles. The van der Waals surface area contributed by atoms with Crippen molar-refractivity contribution in [2.24, 2.45) is 0 Å². The molecule has 0 fully saturated rings. The minimum atomic E-state index is 0.871. The van der Waals surface area contributed by atoms with Crippen molar-refractivity contribution < 1.29 is 0 Å². The molecule has 28 heavy (non-hydrogen) atoms. The van der Waals surface area contributed by atoms with Crippen molar-refractivity contribution in [3.05, 3.63) is 30.3 Å². The first-order chi connectivity index (χ1) is 13.6. The lowest BCUT2D eigenvalue weighted by molar-refractivity contribution is 0.721. The molecule has 0 atom stereocenters. The fourth-order valence-electron chi connectivity index (χ4n) is 5.23. The Hall–Kier alpha value is -0.785. The van der Waals surface area contributed by atoms with Gasteiger partial charge in [0, 0.05) is 18.8 Å². The average Bonchev–Trinajstić information content (AvgIpc) is 2.75. The standard InChI is InChI=1S/C24H46B3N/c1-7-25(8-2)20-16-21-28(23-17-14-13-15-18-23)22-19-24(26(9-3)10-4)27(11-5)12-6/h13-15,17-18,24H,7-12,16,19-22H2,1-6H3. The molecule has 0 N–H and O–H groups in total. The lowest BCUT2D eigenvalue weighted by Crippen LogP contribution is -2.36. The van der Waals surface area contributed by atoms with Gasteiger partial charge >= 0.3 is 0 Å². The summed E-state index contributed by atoms with van der Waals surface area (Å²) in [6, 6.07) is 11.1. The second kappa shape index (κ2) is 15.1. The minimum Gasteiger partial charge on any atom is -0.372 e. The van der Waals surface area contributed by atoms with Crippen LogP contribution >= 0.6 is 0 Å². The molecule has 0 aromatic heterocycles. The van der Waals surface area contributed by atoms with E-state index in [1.807, 2.05) is 0 Å². The molecule has 1 rings (SSSR count). The Bertz CT molecular complexity index is 458. The van der Waals surface area contributed by atoms with Crippen LogP contribution in [-0.4, -0.2) is 33.2 Å². The highest BCUT2D eigenvalue weighted by atomic mass is 15.1. The number of hydrogen-bond acceptors (Lipinski definition) is 1. The lowest BCUT2D eigenvalue weighted by atomic mass is 9.18. The van der Waals surface area contributed by atoms with E-state index in [1.54, 1.807) is 0 Å². The second-order valence-corrected chi connectivity index (χ2v) is 8.75. The maximum Gasteiger partial charge on any atom is 0.139 e. The molecule has 4 heteroatoms. The number of benzene rings is 1. The van der Waals surface area contributed by atoms with Gasteiger partial charge in [-0.05, 0) is 25.0 Å². The van der Waals surface area contributed by atoms with Gasteiger partial charge in [-0.3, -0.25) is 0 Å². The number of anilines is 1. The van der Waals surface area contributed by atoms with Crippen LogP contribution in [0.2, 0.25) is 50.0 Å². The third-order valence-electron chi connectivity index (χ3n) is 7.36. The van der Waals surface area contributed by atoms with E-state index in [0.29, 0.717) is 0 Å². The van der Waals surface area contributed by atoms with Gasteiger partial charge in [-0.1, -0.05) is 110 Å². The molecule has 0 aliphatic rings. The molecule has 0 aliphatic carbocycles. The molecule has 0 bridgehead atoms. The highest BCUT2D eigenvalue weighted by Gasteiger charge is 2.30. The fourth-order valence-corrected chi connectivity index (χ4v) is 5.23. The summed E-state index contributed by atoms with van der Waals surface area (Å²) in [5.41, 5.74) is 2.29. The topological polar surface area (TPSA) is 3.24 Å². The number of para-hydroxylation sites is 1.